The third kappa shape index (κ3) is 38.5. The van der Waals surface area contributed by atoms with Crippen molar-refractivity contribution in [2.45, 2.75) is 187 Å². The van der Waals surface area contributed by atoms with Crippen LogP contribution >= 0.6 is 0 Å². The summed E-state index contributed by atoms with van der Waals surface area (Å²) in [6.45, 7) is 4.46. The minimum atomic E-state index is -0.799. The minimum absolute atomic E-state index is 0.101. The van der Waals surface area contributed by atoms with Gasteiger partial charge in [0.15, 0.2) is 6.10 Å². The second-order valence-electron chi connectivity index (χ2n) is 13.9. The van der Waals surface area contributed by atoms with Crippen molar-refractivity contribution in [3.63, 3.8) is 0 Å². The highest BCUT2D eigenvalue weighted by Gasteiger charge is 2.16. The Morgan fingerprint density at radius 1 is 0.510 bits per heavy atom. The fraction of sp³-hybridized carbons (Fsp3) is 0.767. The summed E-state index contributed by atoms with van der Waals surface area (Å²) in [4.78, 5) is 24.2. The first-order valence-electron chi connectivity index (χ1n) is 20.2. The molecule has 0 amide bonds. The number of hydrogen-bond donors (Lipinski definition) is 2. The summed E-state index contributed by atoms with van der Waals surface area (Å²) in [7, 11) is 0. The molecule has 1 atom stereocenters. The van der Waals surface area contributed by atoms with Crippen LogP contribution in [0.25, 0.3) is 0 Å². The number of esters is 2. The molecule has 0 spiro atoms. The summed E-state index contributed by atoms with van der Waals surface area (Å²) in [5, 5.41) is 18.3. The van der Waals surface area contributed by atoms with Gasteiger partial charge in [-0.2, -0.15) is 0 Å². The summed E-state index contributed by atoms with van der Waals surface area (Å²) >= 11 is 0. The molecule has 0 saturated carbocycles. The van der Waals surface area contributed by atoms with Crippen molar-refractivity contribution < 1.29 is 29.3 Å². The van der Waals surface area contributed by atoms with Gasteiger partial charge in [0.2, 0.25) is 0 Å². The van der Waals surface area contributed by atoms with Gasteiger partial charge in [-0.25, -0.2) is 0 Å². The van der Waals surface area contributed by atoms with Crippen LogP contribution in [0.5, 0.6) is 0 Å². The van der Waals surface area contributed by atoms with E-state index in [1.807, 2.05) is 0 Å². The average Bonchev–Trinajstić information content (AvgIpc) is 3.09. The number of aliphatic hydroxyl groups is 2. The molecule has 0 aromatic rings. The first-order valence-corrected chi connectivity index (χ1v) is 20.2. The van der Waals surface area contributed by atoms with Crippen LogP contribution in [0.15, 0.2) is 48.6 Å². The van der Waals surface area contributed by atoms with Gasteiger partial charge in [0, 0.05) is 19.4 Å². The number of allylic oxidation sites excluding steroid dienone is 8. The van der Waals surface area contributed by atoms with Crippen molar-refractivity contribution >= 4 is 11.9 Å². The van der Waals surface area contributed by atoms with Gasteiger partial charge in [0.05, 0.1) is 6.61 Å². The highest BCUT2D eigenvalue weighted by atomic mass is 16.6. The normalized spacial score (nSPS) is 12.8. The van der Waals surface area contributed by atoms with Crippen molar-refractivity contribution in [2.24, 2.45) is 5.92 Å². The smallest absolute Gasteiger partial charge is 0.306 e. The molecule has 0 aliphatic heterocycles. The van der Waals surface area contributed by atoms with E-state index >= 15 is 0 Å². The maximum Gasteiger partial charge on any atom is 0.306 e. The number of carbonyl (C=O) groups excluding carboxylic acids is 2. The number of ether oxygens (including phenoxy) is 2. The fourth-order valence-corrected chi connectivity index (χ4v) is 5.53. The molecule has 0 radical (unpaired) electrons. The largest absolute Gasteiger partial charge is 0.462 e. The molecule has 6 nitrogen and oxygen atoms in total. The summed E-state index contributed by atoms with van der Waals surface area (Å²) < 4.78 is 10.6. The van der Waals surface area contributed by atoms with E-state index < -0.39 is 6.10 Å². The van der Waals surface area contributed by atoms with Crippen molar-refractivity contribution in [3.05, 3.63) is 48.6 Å². The van der Waals surface area contributed by atoms with Crippen molar-refractivity contribution in [1.29, 1.82) is 0 Å². The molecular weight excluding hydrogens is 612 g/mol. The van der Waals surface area contributed by atoms with Crippen LogP contribution < -0.4 is 0 Å². The predicted molar refractivity (Wildman–Crippen MR) is 206 cm³/mol. The molecule has 0 aromatic carbocycles. The highest BCUT2D eigenvalue weighted by molar-refractivity contribution is 5.70. The Balaban J connectivity index is 3.64. The third-order valence-corrected chi connectivity index (χ3v) is 8.61. The van der Waals surface area contributed by atoms with E-state index in [1.165, 1.54) is 77.0 Å². The van der Waals surface area contributed by atoms with Crippen LogP contribution in [0.2, 0.25) is 0 Å². The Bertz CT molecular complexity index is 843. The maximum absolute atomic E-state index is 12.2. The summed E-state index contributed by atoms with van der Waals surface area (Å²) in [6, 6.07) is 0. The Morgan fingerprint density at radius 2 is 0.939 bits per heavy atom. The van der Waals surface area contributed by atoms with Gasteiger partial charge in [-0.1, -0.05) is 159 Å². The first kappa shape index (κ1) is 46.8. The zero-order chi connectivity index (χ0) is 35.9. The van der Waals surface area contributed by atoms with E-state index in [-0.39, 0.29) is 25.2 Å². The summed E-state index contributed by atoms with van der Waals surface area (Å²) in [5.41, 5.74) is 0. The Labute approximate surface area is 301 Å². The number of hydrogen-bond acceptors (Lipinski definition) is 6. The van der Waals surface area contributed by atoms with Gasteiger partial charge in [0.1, 0.15) is 6.61 Å². The maximum atomic E-state index is 12.2. The number of rotatable bonds is 36. The Kier molecular flexibility index (Phi) is 36.9. The average molecular weight is 689 g/mol. The van der Waals surface area contributed by atoms with E-state index in [1.54, 1.807) is 0 Å². The molecule has 0 aliphatic rings. The summed E-state index contributed by atoms with van der Waals surface area (Å²) in [5.74, 6) is 0.176. The molecule has 0 bridgehead atoms. The number of unbranched alkanes of at least 4 members (excludes halogenated alkanes) is 17. The minimum Gasteiger partial charge on any atom is -0.462 e. The van der Waals surface area contributed by atoms with Crippen molar-refractivity contribution in [3.8, 4) is 0 Å². The van der Waals surface area contributed by atoms with E-state index in [4.69, 9.17) is 14.6 Å². The number of aliphatic hydroxyl groups excluding tert-OH is 2. The molecule has 0 fully saturated rings. The molecule has 2 N–H and O–H groups in total. The highest BCUT2D eigenvalue weighted by Crippen LogP contribution is 2.15. The molecule has 0 aromatic heterocycles. The molecule has 0 unspecified atom stereocenters. The third-order valence-electron chi connectivity index (χ3n) is 8.61. The predicted octanol–water partition coefficient (Wildman–Crippen LogP) is 11.4. The lowest BCUT2D eigenvalue weighted by Gasteiger charge is -2.15. The van der Waals surface area contributed by atoms with Gasteiger partial charge in [0.25, 0.3) is 0 Å². The standard InChI is InChI=1S/C43H76O6/c1-40(2)34-30-26-22-18-14-10-7-8-12-16-20-24-28-32-36-43(47)49-41(38-45)39-48-42(46)35-31-27-23-19-15-11-6-4-3-5-9-13-17-21-25-29-33-37-44/h3,5-6,11,13,17,19,23,40-41,44-45H,4,7-10,12,14-16,18,20-22,24-39H2,1-2H3/b5-3-,11-6-,17-13-,23-19-/t41-/m0/s1. The van der Waals surface area contributed by atoms with Crippen LogP contribution in [0.1, 0.15) is 181 Å². The molecule has 0 rings (SSSR count). The van der Waals surface area contributed by atoms with Crippen LogP contribution in [0.3, 0.4) is 0 Å². The lowest BCUT2D eigenvalue weighted by molar-refractivity contribution is -0.161. The van der Waals surface area contributed by atoms with E-state index in [0.29, 0.717) is 25.9 Å². The molecule has 6 heteroatoms. The van der Waals surface area contributed by atoms with Gasteiger partial charge < -0.3 is 19.7 Å². The van der Waals surface area contributed by atoms with Gasteiger partial charge in [-0.05, 0) is 63.7 Å². The van der Waals surface area contributed by atoms with Crippen molar-refractivity contribution in [2.75, 3.05) is 19.8 Å². The van der Waals surface area contributed by atoms with Crippen LogP contribution in [0.4, 0.5) is 0 Å². The van der Waals surface area contributed by atoms with Gasteiger partial charge in [-0.15, -0.1) is 0 Å². The van der Waals surface area contributed by atoms with Crippen LogP contribution in [-0.2, 0) is 19.1 Å². The topological polar surface area (TPSA) is 93.1 Å². The van der Waals surface area contributed by atoms with E-state index in [0.717, 1.165) is 76.5 Å². The Morgan fingerprint density at radius 3 is 1.43 bits per heavy atom. The van der Waals surface area contributed by atoms with Crippen molar-refractivity contribution in [1.82, 2.24) is 0 Å². The first-order chi connectivity index (χ1) is 24.0. The molecule has 0 aliphatic carbocycles. The molecule has 49 heavy (non-hydrogen) atoms. The second-order valence-corrected chi connectivity index (χ2v) is 13.9. The van der Waals surface area contributed by atoms with Gasteiger partial charge in [-0.3, -0.25) is 9.59 Å². The molecule has 0 heterocycles. The van der Waals surface area contributed by atoms with Crippen LogP contribution in [-0.4, -0.2) is 48.1 Å². The SMILES string of the molecule is CC(C)CCCCCCCCCCCCCCCCC(=O)O[C@@H](CO)COC(=O)CCC/C=C\C/C=C\C/C=C\C/C=C\CCCCCO. The monoisotopic (exact) mass is 689 g/mol. The lowest BCUT2D eigenvalue weighted by atomic mass is 10.0. The zero-order valence-electron chi connectivity index (χ0n) is 31.8. The number of carbonyl (C=O) groups is 2. The molecule has 284 valence electrons. The second kappa shape index (κ2) is 38.6. The Hall–Kier alpha value is -2.18. The van der Waals surface area contributed by atoms with E-state index in [2.05, 4.69) is 62.5 Å². The summed E-state index contributed by atoms with van der Waals surface area (Å²) in [6.07, 6.45) is 44.7. The van der Waals surface area contributed by atoms with Gasteiger partial charge >= 0.3 is 11.9 Å². The zero-order valence-corrected chi connectivity index (χ0v) is 31.8. The van der Waals surface area contributed by atoms with E-state index in [9.17, 15) is 14.7 Å². The molecule has 0 saturated heterocycles. The van der Waals surface area contributed by atoms with Crippen LogP contribution in [0, 0.1) is 5.92 Å². The quantitative estimate of drug-likeness (QED) is 0.0387. The fourth-order valence-electron chi connectivity index (χ4n) is 5.53. The molecular formula is C43H76O6. The lowest BCUT2D eigenvalue weighted by Crippen LogP contribution is -2.28.